The summed E-state index contributed by atoms with van der Waals surface area (Å²) < 4.78 is 5.10. The first kappa shape index (κ1) is 11.8. The monoisotopic (exact) mass is 235 g/mol. The molecule has 0 aliphatic heterocycles. The van der Waals surface area contributed by atoms with Gasteiger partial charge >= 0.3 is 0 Å². The van der Waals surface area contributed by atoms with Gasteiger partial charge in [-0.2, -0.15) is 4.98 Å². The molecule has 1 atom stereocenters. The number of rotatable bonds is 2. The van der Waals surface area contributed by atoms with E-state index in [2.05, 4.69) is 10.1 Å². The number of ketones is 1. The van der Waals surface area contributed by atoms with Crippen LogP contribution < -0.4 is 0 Å². The molecule has 0 spiro atoms. The van der Waals surface area contributed by atoms with Crippen LogP contribution in [0.4, 0.5) is 0 Å². The Balaban J connectivity index is 2.22. The van der Waals surface area contributed by atoms with E-state index >= 15 is 0 Å². The second-order valence-corrected chi connectivity index (χ2v) is 4.61. The number of carbonyl (C=O) groups is 1. The summed E-state index contributed by atoms with van der Waals surface area (Å²) in [6.07, 6.45) is 4.50. The minimum absolute atomic E-state index is 0.119. The van der Waals surface area contributed by atoms with Crippen molar-refractivity contribution < 1.29 is 9.32 Å². The molecule has 5 nitrogen and oxygen atoms in total. The zero-order valence-electron chi connectivity index (χ0n) is 10.4. The van der Waals surface area contributed by atoms with Crippen molar-refractivity contribution in [3.63, 3.8) is 0 Å². The Morgan fingerprint density at radius 2 is 2.24 bits per heavy atom. The highest BCUT2D eigenvalue weighted by molar-refractivity contribution is 6.00. The third-order valence-corrected chi connectivity index (χ3v) is 2.83. The van der Waals surface area contributed by atoms with Crippen LogP contribution >= 0.6 is 0 Å². The maximum Gasteiger partial charge on any atom is 0.237 e. The van der Waals surface area contributed by atoms with Gasteiger partial charge in [-0.15, -0.1) is 0 Å². The highest BCUT2D eigenvalue weighted by Crippen LogP contribution is 2.32. The van der Waals surface area contributed by atoms with Gasteiger partial charge in [-0.25, -0.2) is 0 Å². The SMILES string of the molecule is Cc1noc(C2CCCC(=CN(C)C)C2=O)n1. The zero-order chi connectivity index (χ0) is 12.4. The molecule has 1 aliphatic carbocycles. The summed E-state index contributed by atoms with van der Waals surface area (Å²) in [5, 5.41) is 3.74. The number of carbonyl (C=O) groups excluding carboxylic acids is 1. The zero-order valence-corrected chi connectivity index (χ0v) is 10.4. The van der Waals surface area contributed by atoms with Crippen molar-refractivity contribution in [1.29, 1.82) is 0 Å². The average molecular weight is 235 g/mol. The molecule has 5 heteroatoms. The van der Waals surface area contributed by atoms with E-state index in [4.69, 9.17) is 4.52 Å². The van der Waals surface area contributed by atoms with Crippen molar-refractivity contribution in [3.8, 4) is 0 Å². The van der Waals surface area contributed by atoms with Crippen LogP contribution in [-0.2, 0) is 4.79 Å². The first-order valence-electron chi connectivity index (χ1n) is 5.79. The molecule has 1 aliphatic rings. The minimum Gasteiger partial charge on any atom is -0.383 e. The van der Waals surface area contributed by atoms with E-state index in [0.717, 1.165) is 24.8 Å². The molecule has 1 heterocycles. The molecule has 0 N–H and O–H groups in total. The Bertz CT molecular complexity index is 448. The Labute approximate surface area is 100 Å². The molecule has 0 saturated heterocycles. The van der Waals surface area contributed by atoms with Crippen LogP contribution in [0.1, 0.15) is 36.9 Å². The molecule has 17 heavy (non-hydrogen) atoms. The maximum absolute atomic E-state index is 12.2. The minimum atomic E-state index is -0.254. The fraction of sp³-hybridized carbons (Fsp3) is 0.583. The van der Waals surface area contributed by atoms with Gasteiger partial charge < -0.3 is 9.42 Å². The molecule has 1 saturated carbocycles. The number of Topliss-reactive ketones (excluding diaryl/α,β-unsaturated/α-hetero) is 1. The van der Waals surface area contributed by atoms with E-state index in [-0.39, 0.29) is 11.7 Å². The molecule has 0 aromatic carbocycles. The van der Waals surface area contributed by atoms with Gasteiger partial charge in [-0.3, -0.25) is 4.79 Å². The first-order valence-corrected chi connectivity index (χ1v) is 5.79. The maximum atomic E-state index is 12.2. The van der Waals surface area contributed by atoms with Crippen LogP contribution in [0.2, 0.25) is 0 Å². The fourth-order valence-electron chi connectivity index (χ4n) is 2.10. The molecule has 0 radical (unpaired) electrons. The number of aryl methyl sites for hydroxylation is 1. The lowest BCUT2D eigenvalue weighted by Crippen LogP contribution is -2.22. The van der Waals surface area contributed by atoms with Crippen LogP contribution in [0.25, 0.3) is 0 Å². The quantitative estimate of drug-likeness (QED) is 0.730. The molecule has 92 valence electrons. The van der Waals surface area contributed by atoms with Crippen LogP contribution in [0.5, 0.6) is 0 Å². The Hall–Kier alpha value is -1.65. The third kappa shape index (κ3) is 2.54. The molecular weight excluding hydrogens is 218 g/mol. The topological polar surface area (TPSA) is 59.2 Å². The highest BCUT2D eigenvalue weighted by Gasteiger charge is 2.32. The van der Waals surface area contributed by atoms with Gasteiger partial charge in [0.1, 0.15) is 5.92 Å². The van der Waals surface area contributed by atoms with Crippen molar-refractivity contribution >= 4 is 5.78 Å². The molecule has 1 unspecified atom stereocenters. The molecule has 2 rings (SSSR count). The van der Waals surface area contributed by atoms with Gasteiger partial charge in [0.25, 0.3) is 0 Å². The van der Waals surface area contributed by atoms with Crippen molar-refractivity contribution in [1.82, 2.24) is 15.0 Å². The van der Waals surface area contributed by atoms with Gasteiger partial charge in [0.05, 0.1) is 0 Å². The average Bonchev–Trinajstić information content (AvgIpc) is 2.67. The van der Waals surface area contributed by atoms with Crippen LogP contribution in [0.3, 0.4) is 0 Å². The lowest BCUT2D eigenvalue weighted by atomic mass is 9.84. The molecule has 0 bridgehead atoms. The predicted octanol–water partition coefficient (Wildman–Crippen LogP) is 1.66. The highest BCUT2D eigenvalue weighted by atomic mass is 16.5. The van der Waals surface area contributed by atoms with E-state index in [0.29, 0.717) is 11.7 Å². The van der Waals surface area contributed by atoms with E-state index in [9.17, 15) is 4.79 Å². The van der Waals surface area contributed by atoms with Gasteiger partial charge in [0, 0.05) is 25.9 Å². The largest absolute Gasteiger partial charge is 0.383 e. The third-order valence-electron chi connectivity index (χ3n) is 2.83. The first-order chi connectivity index (χ1) is 8.08. The summed E-state index contributed by atoms with van der Waals surface area (Å²) in [4.78, 5) is 18.3. The molecule has 1 aromatic heterocycles. The second kappa shape index (κ2) is 4.69. The standard InChI is InChI=1S/C12H17N3O2/c1-8-13-12(17-14-8)10-6-4-5-9(11(10)16)7-15(2)3/h7,10H,4-6H2,1-3H3. The summed E-state index contributed by atoms with van der Waals surface area (Å²) in [5.41, 5.74) is 0.849. The van der Waals surface area contributed by atoms with E-state index in [1.165, 1.54) is 0 Å². The number of allylic oxidation sites excluding steroid dienone is 1. The van der Waals surface area contributed by atoms with Gasteiger partial charge in [-0.1, -0.05) is 5.16 Å². The fourth-order valence-corrected chi connectivity index (χ4v) is 2.10. The van der Waals surface area contributed by atoms with Crippen molar-refractivity contribution in [2.45, 2.75) is 32.1 Å². The summed E-state index contributed by atoms with van der Waals surface area (Å²) in [5.74, 6) is 0.901. The lowest BCUT2D eigenvalue weighted by molar-refractivity contribution is -0.118. The Kier molecular flexibility index (Phi) is 3.26. The summed E-state index contributed by atoms with van der Waals surface area (Å²) in [7, 11) is 3.83. The lowest BCUT2D eigenvalue weighted by Gasteiger charge is -2.21. The van der Waals surface area contributed by atoms with Crippen LogP contribution in [0.15, 0.2) is 16.3 Å². The van der Waals surface area contributed by atoms with Crippen molar-refractivity contribution in [3.05, 3.63) is 23.5 Å². The summed E-state index contributed by atoms with van der Waals surface area (Å²) in [6.45, 7) is 1.76. The van der Waals surface area contributed by atoms with Gasteiger partial charge in [0.2, 0.25) is 5.89 Å². The van der Waals surface area contributed by atoms with Gasteiger partial charge in [0.15, 0.2) is 11.6 Å². The number of nitrogens with zero attached hydrogens (tertiary/aromatic N) is 3. The predicted molar refractivity (Wildman–Crippen MR) is 62.4 cm³/mol. The number of hydrogen-bond acceptors (Lipinski definition) is 5. The van der Waals surface area contributed by atoms with Gasteiger partial charge in [-0.05, 0) is 26.2 Å². The van der Waals surface area contributed by atoms with Crippen LogP contribution in [0, 0.1) is 6.92 Å². The molecule has 1 aromatic rings. The normalized spacial score (nSPS) is 23.1. The smallest absolute Gasteiger partial charge is 0.237 e. The van der Waals surface area contributed by atoms with E-state index in [1.54, 1.807) is 6.92 Å². The van der Waals surface area contributed by atoms with Crippen molar-refractivity contribution in [2.24, 2.45) is 0 Å². The van der Waals surface area contributed by atoms with Crippen molar-refractivity contribution in [2.75, 3.05) is 14.1 Å². The Morgan fingerprint density at radius 3 is 2.82 bits per heavy atom. The summed E-state index contributed by atoms with van der Waals surface area (Å²) >= 11 is 0. The second-order valence-electron chi connectivity index (χ2n) is 4.61. The van der Waals surface area contributed by atoms with E-state index in [1.807, 2.05) is 25.2 Å². The summed E-state index contributed by atoms with van der Waals surface area (Å²) in [6, 6.07) is 0. The number of aromatic nitrogens is 2. The molecular formula is C12H17N3O2. The molecule has 0 amide bonds. The Morgan fingerprint density at radius 1 is 1.47 bits per heavy atom. The number of hydrogen-bond donors (Lipinski definition) is 0. The van der Waals surface area contributed by atoms with E-state index < -0.39 is 0 Å². The van der Waals surface area contributed by atoms with Crippen LogP contribution in [-0.4, -0.2) is 34.9 Å². The molecule has 1 fully saturated rings.